The highest BCUT2D eigenvalue weighted by molar-refractivity contribution is 5.47. The van der Waals surface area contributed by atoms with Crippen LogP contribution < -0.4 is 16.0 Å². The Hall–Kier alpha value is -2.15. The SMILES string of the molecule is C=CCCCOc1cc([N+](=O)[O-])cc(NN)n1. The first-order valence-corrected chi connectivity index (χ1v) is 5.04. The third-order valence-corrected chi connectivity index (χ3v) is 1.95. The van der Waals surface area contributed by atoms with E-state index in [9.17, 15) is 10.1 Å². The number of ether oxygens (including phenoxy) is 1. The normalized spacial score (nSPS) is 9.71. The molecule has 7 heteroatoms. The number of hydrazine groups is 1. The molecule has 3 N–H and O–H groups in total. The predicted octanol–water partition coefficient (Wildman–Crippen LogP) is 1.62. The average molecular weight is 238 g/mol. The van der Waals surface area contributed by atoms with Crippen molar-refractivity contribution in [2.75, 3.05) is 12.0 Å². The van der Waals surface area contributed by atoms with Crippen LogP contribution in [0.15, 0.2) is 24.8 Å². The van der Waals surface area contributed by atoms with Crippen molar-refractivity contribution >= 4 is 11.5 Å². The number of nitrogens with two attached hydrogens (primary N) is 1. The number of nitro groups is 1. The molecule has 1 rings (SSSR count). The number of nitrogens with zero attached hydrogens (tertiary/aromatic N) is 2. The Balaban J connectivity index is 2.73. The molecule has 17 heavy (non-hydrogen) atoms. The fraction of sp³-hybridized carbons (Fsp3) is 0.300. The molecule has 0 atom stereocenters. The number of nitrogen functional groups attached to an aromatic ring is 1. The summed E-state index contributed by atoms with van der Waals surface area (Å²) in [5.74, 6) is 5.53. The van der Waals surface area contributed by atoms with Crippen LogP contribution in [0, 0.1) is 10.1 Å². The lowest BCUT2D eigenvalue weighted by Gasteiger charge is -2.06. The van der Waals surface area contributed by atoms with Gasteiger partial charge in [-0.05, 0) is 12.8 Å². The quantitative estimate of drug-likeness (QED) is 0.246. The van der Waals surface area contributed by atoms with Crippen LogP contribution in [0.2, 0.25) is 0 Å². The van der Waals surface area contributed by atoms with Crippen LogP contribution in [0.5, 0.6) is 5.88 Å². The van der Waals surface area contributed by atoms with Crippen LogP contribution in [0.25, 0.3) is 0 Å². The van der Waals surface area contributed by atoms with Crippen molar-refractivity contribution < 1.29 is 9.66 Å². The minimum absolute atomic E-state index is 0.119. The first kappa shape index (κ1) is 12.9. The third-order valence-electron chi connectivity index (χ3n) is 1.95. The first-order valence-electron chi connectivity index (χ1n) is 5.04. The molecule has 0 bridgehead atoms. The van der Waals surface area contributed by atoms with Crippen molar-refractivity contribution in [2.24, 2.45) is 5.84 Å². The highest BCUT2D eigenvalue weighted by atomic mass is 16.6. The van der Waals surface area contributed by atoms with Crippen LogP contribution >= 0.6 is 0 Å². The van der Waals surface area contributed by atoms with Crippen molar-refractivity contribution in [1.82, 2.24) is 4.98 Å². The van der Waals surface area contributed by atoms with Crippen LogP contribution in [-0.2, 0) is 0 Å². The third kappa shape index (κ3) is 4.07. The average Bonchev–Trinajstić information content (AvgIpc) is 2.34. The second-order valence-electron chi connectivity index (χ2n) is 3.23. The monoisotopic (exact) mass is 238 g/mol. The van der Waals surface area contributed by atoms with E-state index in [0.29, 0.717) is 6.61 Å². The lowest BCUT2D eigenvalue weighted by molar-refractivity contribution is -0.384. The number of nitrogens with one attached hydrogen (secondary N) is 1. The summed E-state index contributed by atoms with van der Waals surface area (Å²) in [6.45, 7) is 4.00. The van der Waals surface area contributed by atoms with Crippen molar-refractivity contribution in [2.45, 2.75) is 12.8 Å². The first-order chi connectivity index (χ1) is 8.17. The summed E-state index contributed by atoms with van der Waals surface area (Å²) in [5.41, 5.74) is 2.13. The predicted molar refractivity (Wildman–Crippen MR) is 63.6 cm³/mol. The number of aromatic nitrogens is 1. The zero-order valence-electron chi connectivity index (χ0n) is 9.26. The highest BCUT2D eigenvalue weighted by Gasteiger charge is 2.11. The molecule has 92 valence electrons. The summed E-state index contributed by atoms with van der Waals surface area (Å²) in [7, 11) is 0. The summed E-state index contributed by atoms with van der Waals surface area (Å²) >= 11 is 0. The van der Waals surface area contributed by atoms with Crippen molar-refractivity contribution in [3.8, 4) is 5.88 Å². The summed E-state index contributed by atoms with van der Waals surface area (Å²) in [6, 6.07) is 2.49. The number of allylic oxidation sites excluding steroid dienone is 1. The van der Waals surface area contributed by atoms with Gasteiger partial charge in [-0.15, -0.1) is 6.58 Å². The molecule has 0 unspecified atom stereocenters. The van der Waals surface area contributed by atoms with E-state index < -0.39 is 4.92 Å². The Labute approximate surface area is 98.4 Å². The van der Waals surface area contributed by atoms with Gasteiger partial charge in [-0.2, -0.15) is 4.98 Å². The van der Waals surface area contributed by atoms with E-state index in [2.05, 4.69) is 17.0 Å². The molecule has 0 amide bonds. The molecule has 0 spiro atoms. The van der Waals surface area contributed by atoms with Gasteiger partial charge >= 0.3 is 0 Å². The number of unbranched alkanes of at least 4 members (excludes halogenated alkanes) is 1. The van der Waals surface area contributed by atoms with E-state index in [1.54, 1.807) is 6.08 Å². The maximum atomic E-state index is 10.6. The van der Waals surface area contributed by atoms with Gasteiger partial charge in [0.25, 0.3) is 5.69 Å². The Bertz CT molecular complexity index is 409. The van der Waals surface area contributed by atoms with Crippen LogP contribution in [0.3, 0.4) is 0 Å². The number of hydrogen-bond donors (Lipinski definition) is 2. The Kier molecular flexibility index (Phi) is 4.89. The number of hydrogen-bond acceptors (Lipinski definition) is 6. The lowest BCUT2D eigenvalue weighted by Crippen LogP contribution is -2.10. The number of pyridine rings is 1. The van der Waals surface area contributed by atoms with Gasteiger partial charge in [0.15, 0.2) is 5.82 Å². The number of anilines is 1. The maximum Gasteiger partial charge on any atom is 0.278 e. The smallest absolute Gasteiger partial charge is 0.278 e. The fourth-order valence-electron chi connectivity index (χ4n) is 1.15. The summed E-state index contributed by atoms with van der Waals surface area (Å²) in [5, 5.41) is 10.6. The second kappa shape index (κ2) is 6.44. The van der Waals surface area contributed by atoms with E-state index in [-0.39, 0.29) is 17.4 Å². The van der Waals surface area contributed by atoms with Gasteiger partial charge in [-0.1, -0.05) is 6.08 Å². The highest BCUT2D eigenvalue weighted by Crippen LogP contribution is 2.21. The second-order valence-corrected chi connectivity index (χ2v) is 3.23. The lowest BCUT2D eigenvalue weighted by atomic mass is 10.3. The van der Waals surface area contributed by atoms with E-state index >= 15 is 0 Å². The van der Waals surface area contributed by atoms with Gasteiger partial charge in [-0.25, -0.2) is 5.84 Å². The standard InChI is InChI=1S/C10H14N4O3/c1-2-3-4-5-17-10-7-8(14(15)16)6-9(12-10)13-11/h2,6-7H,1,3-5,11H2,(H,12,13). The zero-order valence-corrected chi connectivity index (χ0v) is 9.26. The van der Waals surface area contributed by atoms with Crippen molar-refractivity contribution in [3.63, 3.8) is 0 Å². The van der Waals surface area contributed by atoms with E-state index in [0.717, 1.165) is 12.8 Å². The Morgan fingerprint density at radius 1 is 1.65 bits per heavy atom. The molecule has 0 aromatic carbocycles. The van der Waals surface area contributed by atoms with Crippen LogP contribution in [0.1, 0.15) is 12.8 Å². The Morgan fingerprint density at radius 2 is 2.41 bits per heavy atom. The van der Waals surface area contributed by atoms with Gasteiger partial charge in [0.1, 0.15) is 0 Å². The summed E-state index contributed by atoms with van der Waals surface area (Å²) in [4.78, 5) is 14.1. The molecule has 0 saturated carbocycles. The van der Waals surface area contributed by atoms with E-state index in [4.69, 9.17) is 10.6 Å². The molecular formula is C10H14N4O3. The van der Waals surface area contributed by atoms with Gasteiger partial charge in [0, 0.05) is 0 Å². The van der Waals surface area contributed by atoms with Crippen LogP contribution in [-0.4, -0.2) is 16.5 Å². The summed E-state index contributed by atoms with van der Waals surface area (Å²) < 4.78 is 5.28. The Morgan fingerprint density at radius 3 is 3.00 bits per heavy atom. The van der Waals surface area contributed by atoms with Gasteiger partial charge in [-0.3, -0.25) is 10.1 Å². The summed E-state index contributed by atoms with van der Waals surface area (Å²) in [6.07, 6.45) is 3.37. The largest absolute Gasteiger partial charge is 0.477 e. The number of rotatable bonds is 7. The topological polar surface area (TPSA) is 103 Å². The van der Waals surface area contributed by atoms with Crippen molar-refractivity contribution in [1.29, 1.82) is 0 Å². The van der Waals surface area contributed by atoms with Gasteiger partial charge in [0.05, 0.1) is 23.7 Å². The van der Waals surface area contributed by atoms with E-state index in [1.807, 2.05) is 0 Å². The molecule has 0 aliphatic heterocycles. The van der Waals surface area contributed by atoms with E-state index in [1.165, 1.54) is 12.1 Å². The van der Waals surface area contributed by atoms with Crippen LogP contribution in [0.4, 0.5) is 11.5 Å². The molecule has 0 radical (unpaired) electrons. The molecule has 0 aliphatic carbocycles. The minimum Gasteiger partial charge on any atom is -0.477 e. The molecular weight excluding hydrogens is 224 g/mol. The minimum atomic E-state index is -0.529. The molecule has 1 heterocycles. The molecule has 7 nitrogen and oxygen atoms in total. The van der Waals surface area contributed by atoms with Gasteiger partial charge < -0.3 is 10.2 Å². The van der Waals surface area contributed by atoms with Gasteiger partial charge in [0.2, 0.25) is 5.88 Å². The fourth-order valence-corrected chi connectivity index (χ4v) is 1.15. The van der Waals surface area contributed by atoms with Crippen molar-refractivity contribution in [3.05, 3.63) is 34.9 Å². The molecule has 0 fully saturated rings. The molecule has 1 aromatic rings. The molecule has 0 aliphatic rings. The maximum absolute atomic E-state index is 10.6. The molecule has 1 aromatic heterocycles. The molecule has 0 saturated heterocycles. The zero-order chi connectivity index (χ0) is 12.7.